The third-order valence-corrected chi connectivity index (χ3v) is 5.46. The lowest BCUT2D eigenvalue weighted by Gasteiger charge is -2.22. The highest BCUT2D eigenvalue weighted by atomic mass is 16.2. The fourth-order valence-electron chi connectivity index (χ4n) is 4.16. The first-order valence-electron chi connectivity index (χ1n) is 9.33. The van der Waals surface area contributed by atoms with Crippen LogP contribution in [0.1, 0.15) is 28.5 Å². The number of amides is 1. The molecule has 0 bridgehead atoms. The standard InChI is InChI=1S/C22H20N4O/c1-15-14-17-7-3-5-9-20(17)26(15)22(27)18-10-11-21(24-23-18)25-13-12-16-6-2-4-8-19(16)25/h2-11,15H,12-14H2,1H3. The molecule has 3 aromatic rings. The van der Waals surface area contributed by atoms with Crippen LogP contribution in [0.4, 0.5) is 17.2 Å². The largest absolute Gasteiger partial charge is 0.324 e. The van der Waals surface area contributed by atoms with Crippen LogP contribution in [0.25, 0.3) is 0 Å². The Kier molecular flexibility index (Phi) is 3.67. The van der Waals surface area contributed by atoms with Gasteiger partial charge in [0.2, 0.25) is 0 Å². The molecule has 5 heteroatoms. The highest BCUT2D eigenvalue weighted by molar-refractivity contribution is 6.06. The van der Waals surface area contributed by atoms with E-state index < -0.39 is 0 Å². The molecular weight excluding hydrogens is 336 g/mol. The Morgan fingerprint density at radius 3 is 2.44 bits per heavy atom. The van der Waals surface area contributed by atoms with Crippen molar-refractivity contribution >= 4 is 23.1 Å². The number of anilines is 3. The normalized spacial score (nSPS) is 17.7. The van der Waals surface area contributed by atoms with Gasteiger partial charge in [-0.2, -0.15) is 0 Å². The van der Waals surface area contributed by atoms with Gasteiger partial charge in [0.15, 0.2) is 11.5 Å². The summed E-state index contributed by atoms with van der Waals surface area (Å²) in [5.41, 5.74) is 5.07. The first-order valence-corrected chi connectivity index (χ1v) is 9.33. The van der Waals surface area contributed by atoms with E-state index in [2.05, 4.69) is 46.3 Å². The maximum Gasteiger partial charge on any atom is 0.279 e. The van der Waals surface area contributed by atoms with Crippen molar-refractivity contribution in [1.82, 2.24) is 10.2 Å². The first kappa shape index (κ1) is 16.0. The second-order valence-electron chi connectivity index (χ2n) is 7.16. The van der Waals surface area contributed by atoms with Gasteiger partial charge in [-0.3, -0.25) is 4.79 Å². The van der Waals surface area contributed by atoms with E-state index in [4.69, 9.17) is 0 Å². The summed E-state index contributed by atoms with van der Waals surface area (Å²) < 4.78 is 0. The molecule has 2 aliphatic rings. The van der Waals surface area contributed by atoms with Gasteiger partial charge in [0.1, 0.15) is 0 Å². The van der Waals surface area contributed by atoms with Gasteiger partial charge < -0.3 is 9.80 Å². The molecule has 0 radical (unpaired) electrons. The van der Waals surface area contributed by atoms with E-state index in [9.17, 15) is 4.79 Å². The van der Waals surface area contributed by atoms with Crippen LogP contribution in [-0.4, -0.2) is 28.7 Å². The second-order valence-corrected chi connectivity index (χ2v) is 7.16. The highest BCUT2D eigenvalue weighted by Crippen LogP contribution is 2.34. The molecule has 0 fully saturated rings. The number of para-hydroxylation sites is 2. The average Bonchev–Trinajstić information content (AvgIpc) is 3.28. The number of fused-ring (bicyclic) bond motifs is 2. The molecule has 0 saturated heterocycles. The van der Waals surface area contributed by atoms with Gasteiger partial charge in [-0.25, -0.2) is 0 Å². The van der Waals surface area contributed by atoms with E-state index >= 15 is 0 Å². The lowest BCUT2D eigenvalue weighted by atomic mass is 10.1. The van der Waals surface area contributed by atoms with E-state index in [0.717, 1.165) is 30.9 Å². The van der Waals surface area contributed by atoms with Gasteiger partial charge in [-0.05, 0) is 55.2 Å². The molecule has 2 aliphatic heterocycles. The van der Waals surface area contributed by atoms with E-state index in [-0.39, 0.29) is 11.9 Å². The van der Waals surface area contributed by atoms with Crippen LogP contribution in [0.2, 0.25) is 0 Å². The quantitative estimate of drug-likeness (QED) is 0.701. The average molecular weight is 356 g/mol. The molecule has 1 amide bonds. The van der Waals surface area contributed by atoms with Gasteiger partial charge in [0.05, 0.1) is 0 Å². The number of carbonyl (C=O) groups is 1. The second kappa shape index (κ2) is 6.20. The lowest BCUT2D eigenvalue weighted by molar-refractivity contribution is 0.0975. The first-order chi connectivity index (χ1) is 13.2. The number of nitrogens with zero attached hydrogens (tertiary/aromatic N) is 4. The Morgan fingerprint density at radius 1 is 0.926 bits per heavy atom. The Morgan fingerprint density at radius 2 is 1.67 bits per heavy atom. The number of hydrogen-bond donors (Lipinski definition) is 0. The molecule has 0 spiro atoms. The van der Waals surface area contributed by atoms with Crippen molar-refractivity contribution in [2.24, 2.45) is 0 Å². The summed E-state index contributed by atoms with van der Waals surface area (Å²) in [6.07, 6.45) is 1.87. The molecule has 1 aromatic heterocycles. The number of benzene rings is 2. The van der Waals surface area contributed by atoms with E-state index in [1.807, 2.05) is 35.2 Å². The van der Waals surface area contributed by atoms with Crippen LogP contribution in [0, 0.1) is 0 Å². The van der Waals surface area contributed by atoms with Crippen molar-refractivity contribution in [1.29, 1.82) is 0 Å². The summed E-state index contributed by atoms with van der Waals surface area (Å²) in [6.45, 7) is 2.96. The number of carbonyl (C=O) groups excluding carboxylic acids is 1. The highest BCUT2D eigenvalue weighted by Gasteiger charge is 2.32. The van der Waals surface area contributed by atoms with Crippen molar-refractivity contribution < 1.29 is 4.79 Å². The predicted octanol–water partition coefficient (Wildman–Crippen LogP) is 3.76. The fraction of sp³-hybridized carbons (Fsp3) is 0.227. The summed E-state index contributed by atoms with van der Waals surface area (Å²) in [6, 6.07) is 20.2. The molecule has 3 heterocycles. The number of aromatic nitrogens is 2. The maximum atomic E-state index is 13.1. The van der Waals surface area contributed by atoms with Gasteiger partial charge in [-0.1, -0.05) is 36.4 Å². The van der Waals surface area contributed by atoms with Crippen LogP contribution in [0.15, 0.2) is 60.7 Å². The molecule has 1 unspecified atom stereocenters. The third kappa shape index (κ3) is 2.58. The maximum absolute atomic E-state index is 13.1. The zero-order chi connectivity index (χ0) is 18.4. The molecule has 134 valence electrons. The monoisotopic (exact) mass is 356 g/mol. The van der Waals surface area contributed by atoms with Crippen LogP contribution in [-0.2, 0) is 12.8 Å². The van der Waals surface area contributed by atoms with Crippen molar-refractivity contribution in [3.05, 3.63) is 77.5 Å². The number of hydrogen-bond acceptors (Lipinski definition) is 4. The van der Waals surface area contributed by atoms with Crippen molar-refractivity contribution in [2.45, 2.75) is 25.8 Å². The Labute approximate surface area is 158 Å². The van der Waals surface area contributed by atoms with E-state index in [0.29, 0.717) is 5.69 Å². The van der Waals surface area contributed by atoms with Gasteiger partial charge >= 0.3 is 0 Å². The lowest BCUT2D eigenvalue weighted by Crippen LogP contribution is -2.36. The van der Waals surface area contributed by atoms with E-state index in [1.54, 1.807) is 6.07 Å². The predicted molar refractivity (Wildman–Crippen MR) is 106 cm³/mol. The zero-order valence-electron chi connectivity index (χ0n) is 15.2. The van der Waals surface area contributed by atoms with Crippen molar-refractivity contribution in [3.63, 3.8) is 0 Å². The molecule has 2 aromatic carbocycles. The fourth-order valence-corrected chi connectivity index (χ4v) is 4.16. The Bertz CT molecular complexity index is 1010. The van der Waals surface area contributed by atoms with Crippen LogP contribution >= 0.6 is 0 Å². The van der Waals surface area contributed by atoms with Crippen molar-refractivity contribution in [2.75, 3.05) is 16.3 Å². The van der Waals surface area contributed by atoms with Crippen LogP contribution in [0.3, 0.4) is 0 Å². The zero-order valence-corrected chi connectivity index (χ0v) is 15.2. The van der Waals surface area contributed by atoms with Crippen molar-refractivity contribution in [3.8, 4) is 0 Å². The SMILES string of the molecule is CC1Cc2ccccc2N1C(=O)c1ccc(N2CCc3ccccc32)nn1. The molecule has 0 N–H and O–H groups in total. The molecule has 27 heavy (non-hydrogen) atoms. The molecule has 5 nitrogen and oxygen atoms in total. The Balaban J connectivity index is 1.42. The van der Waals surface area contributed by atoms with Crippen LogP contribution in [0.5, 0.6) is 0 Å². The summed E-state index contributed by atoms with van der Waals surface area (Å²) in [5, 5.41) is 8.63. The summed E-state index contributed by atoms with van der Waals surface area (Å²) in [5.74, 6) is 0.694. The van der Waals surface area contributed by atoms with Gasteiger partial charge in [0.25, 0.3) is 5.91 Å². The molecule has 0 aliphatic carbocycles. The minimum Gasteiger partial charge on any atom is -0.324 e. The minimum absolute atomic E-state index is 0.0895. The Hall–Kier alpha value is -3.21. The van der Waals surface area contributed by atoms with E-state index in [1.165, 1.54) is 16.8 Å². The van der Waals surface area contributed by atoms with Gasteiger partial charge in [0, 0.05) is 24.0 Å². The van der Waals surface area contributed by atoms with Gasteiger partial charge in [-0.15, -0.1) is 10.2 Å². The summed E-state index contributed by atoms with van der Waals surface area (Å²) >= 11 is 0. The topological polar surface area (TPSA) is 49.3 Å². The smallest absolute Gasteiger partial charge is 0.279 e. The molecule has 5 rings (SSSR count). The summed E-state index contributed by atoms with van der Waals surface area (Å²) in [7, 11) is 0. The minimum atomic E-state index is -0.0895. The summed E-state index contributed by atoms with van der Waals surface area (Å²) in [4.78, 5) is 17.1. The third-order valence-electron chi connectivity index (χ3n) is 5.46. The molecule has 1 atom stereocenters. The number of rotatable bonds is 2. The van der Waals surface area contributed by atoms with Crippen LogP contribution < -0.4 is 9.80 Å². The molecule has 0 saturated carbocycles. The molecular formula is C22H20N4O.